The highest BCUT2D eigenvalue weighted by Gasteiger charge is 2.00. The number of aromatic nitrogens is 2. The van der Waals surface area contributed by atoms with E-state index in [2.05, 4.69) is 32.4 Å². The summed E-state index contributed by atoms with van der Waals surface area (Å²) in [5.74, 6) is 0. The lowest BCUT2D eigenvalue weighted by atomic mass is 10.2. The molecule has 5 heteroatoms. The molecule has 1 heterocycles. The first-order valence-electron chi connectivity index (χ1n) is 5.59. The van der Waals surface area contributed by atoms with E-state index in [9.17, 15) is 0 Å². The van der Waals surface area contributed by atoms with Gasteiger partial charge in [-0.15, -0.1) is 0 Å². The number of anilines is 1. The molecule has 0 unspecified atom stereocenters. The molecule has 4 nitrogen and oxygen atoms in total. The average molecular weight is 305 g/mol. The summed E-state index contributed by atoms with van der Waals surface area (Å²) in [4.78, 5) is 0. The van der Waals surface area contributed by atoms with Gasteiger partial charge in [-0.3, -0.25) is 4.68 Å². The Hall–Kier alpha value is -1.80. The van der Waals surface area contributed by atoms with E-state index in [-0.39, 0.29) is 0 Å². The Morgan fingerprint density at radius 2 is 2.28 bits per heavy atom. The van der Waals surface area contributed by atoms with Crippen molar-refractivity contribution < 1.29 is 0 Å². The van der Waals surface area contributed by atoms with Crippen molar-refractivity contribution in [2.24, 2.45) is 7.05 Å². The Labute approximate surface area is 114 Å². The highest BCUT2D eigenvalue weighted by atomic mass is 79.9. The fraction of sp³-hybridized carbons (Fsp3) is 0.231. The van der Waals surface area contributed by atoms with E-state index in [0.717, 1.165) is 23.1 Å². The first-order valence-corrected chi connectivity index (χ1v) is 6.39. The molecule has 0 radical (unpaired) electrons. The maximum Gasteiger partial charge on any atom is 0.0992 e. The summed E-state index contributed by atoms with van der Waals surface area (Å²) in [5.41, 5.74) is 2.79. The molecule has 1 N–H and O–H groups in total. The SMILES string of the molecule is Cn1cc(CCNc2cc(Br)cc(C#N)c2)cn1. The van der Waals surface area contributed by atoms with Crippen LogP contribution >= 0.6 is 15.9 Å². The zero-order valence-corrected chi connectivity index (χ0v) is 11.6. The van der Waals surface area contributed by atoms with Crippen LogP contribution in [0.1, 0.15) is 11.1 Å². The second kappa shape index (κ2) is 5.69. The smallest absolute Gasteiger partial charge is 0.0992 e. The van der Waals surface area contributed by atoms with Gasteiger partial charge in [-0.1, -0.05) is 15.9 Å². The van der Waals surface area contributed by atoms with Crippen molar-refractivity contribution in [1.29, 1.82) is 5.26 Å². The van der Waals surface area contributed by atoms with Crippen LogP contribution in [0.4, 0.5) is 5.69 Å². The fourth-order valence-electron chi connectivity index (χ4n) is 1.71. The molecule has 0 amide bonds. The van der Waals surface area contributed by atoms with Crippen LogP contribution < -0.4 is 5.32 Å². The largest absolute Gasteiger partial charge is 0.385 e. The highest BCUT2D eigenvalue weighted by molar-refractivity contribution is 9.10. The first-order chi connectivity index (χ1) is 8.67. The molecule has 0 aliphatic carbocycles. The number of hydrogen-bond donors (Lipinski definition) is 1. The topological polar surface area (TPSA) is 53.6 Å². The van der Waals surface area contributed by atoms with Gasteiger partial charge < -0.3 is 5.32 Å². The molecular weight excluding hydrogens is 292 g/mol. The van der Waals surface area contributed by atoms with Crippen LogP contribution in [-0.2, 0) is 13.5 Å². The Balaban J connectivity index is 1.94. The van der Waals surface area contributed by atoms with E-state index >= 15 is 0 Å². The minimum absolute atomic E-state index is 0.647. The van der Waals surface area contributed by atoms with Crippen LogP contribution in [0.25, 0.3) is 0 Å². The van der Waals surface area contributed by atoms with Crippen LogP contribution in [0.15, 0.2) is 35.1 Å². The molecule has 0 aliphatic heterocycles. The molecule has 0 fully saturated rings. The zero-order chi connectivity index (χ0) is 13.0. The van der Waals surface area contributed by atoms with Crippen molar-refractivity contribution in [2.75, 3.05) is 11.9 Å². The number of aryl methyl sites for hydroxylation is 1. The fourth-order valence-corrected chi connectivity index (χ4v) is 2.20. The predicted octanol–water partition coefficient (Wildman–Crippen LogP) is 2.71. The summed E-state index contributed by atoms with van der Waals surface area (Å²) >= 11 is 3.39. The third kappa shape index (κ3) is 3.34. The second-order valence-corrected chi connectivity index (χ2v) is 4.96. The van der Waals surface area contributed by atoms with Crippen molar-refractivity contribution in [1.82, 2.24) is 9.78 Å². The monoisotopic (exact) mass is 304 g/mol. The van der Waals surface area contributed by atoms with Gasteiger partial charge in [0.05, 0.1) is 17.8 Å². The van der Waals surface area contributed by atoms with Crippen molar-refractivity contribution >= 4 is 21.6 Å². The third-order valence-electron chi connectivity index (χ3n) is 2.53. The Kier molecular flexibility index (Phi) is 4.00. The Bertz CT molecular complexity index is 583. The van der Waals surface area contributed by atoms with Gasteiger partial charge >= 0.3 is 0 Å². The van der Waals surface area contributed by atoms with Gasteiger partial charge in [0.1, 0.15) is 0 Å². The summed E-state index contributed by atoms with van der Waals surface area (Å²) in [6, 6.07) is 7.74. The number of nitriles is 1. The summed E-state index contributed by atoms with van der Waals surface area (Å²) in [6.45, 7) is 0.813. The number of hydrogen-bond acceptors (Lipinski definition) is 3. The first kappa shape index (κ1) is 12.7. The van der Waals surface area contributed by atoms with Gasteiger partial charge in [0, 0.05) is 29.9 Å². The molecule has 1 aromatic heterocycles. The zero-order valence-electron chi connectivity index (χ0n) is 10.0. The quantitative estimate of drug-likeness (QED) is 0.945. The summed E-state index contributed by atoms with van der Waals surface area (Å²) in [7, 11) is 1.91. The molecule has 0 aliphatic rings. The maximum absolute atomic E-state index is 8.88. The van der Waals surface area contributed by atoms with Gasteiger partial charge in [-0.05, 0) is 30.2 Å². The Morgan fingerprint density at radius 3 is 2.94 bits per heavy atom. The lowest BCUT2D eigenvalue weighted by Gasteiger charge is -2.06. The Morgan fingerprint density at radius 1 is 1.44 bits per heavy atom. The van der Waals surface area contributed by atoms with Crippen LogP contribution in [0.5, 0.6) is 0 Å². The van der Waals surface area contributed by atoms with Crippen molar-refractivity contribution in [3.8, 4) is 6.07 Å². The molecular formula is C13H13BrN4. The van der Waals surface area contributed by atoms with E-state index in [4.69, 9.17) is 5.26 Å². The van der Waals surface area contributed by atoms with Crippen molar-refractivity contribution in [3.63, 3.8) is 0 Å². The molecule has 0 atom stereocenters. The minimum Gasteiger partial charge on any atom is -0.385 e. The molecule has 0 saturated carbocycles. The van der Waals surface area contributed by atoms with E-state index in [1.165, 1.54) is 5.56 Å². The molecule has 1 aromatic carbocycles. The second-order valence-electron chi connectivity index (χ2n) is 4.04. The minimum atomic E-state index is 0.647. The molecule has 2 aromatic rings. The number of nitrogens with zero attached hydrogens (tertiary/aromatic N) is 3. The molecule has 18 heavy (non-hydrogen) atoms. The predicted molar refractivity (Wildman–Crippen MR) is 74.3 cm³/mol. The number of nitrogens with one attached hydrogen (secondary N) is 1. The van der Waals surface area contributed by atoms with Crippen LogP contribution in [0, 0.1) is 11.3 Å². The third-order valence-corrected chi connectivity index (χ3v) is 2.99. The van der Waals surface area contributed by atoms with Gasteiger partial charge in [-0.2, -0.15) is 10.4 Å². The molecule has 2 rings (SSSR count). The van der Waals surface area contributed by atoms with Crippen LogP contribution in [0.2, 0.25) is 0 Å². The van der Waals surface area contributed by atoms with Crippen molar-refractivity contribution in [2.45, 2.75) is 6.42 Å². The van der Waals surface area contributed by atoms with Gasteiger partial charge in [-0.25, -0.2) is 0 Å². The number of halogens is 1. The van der Waals surface area contributed by atoms with E-state index < -0.39 is 0 Å². The molecule has 0 saturated heterocycles. The normalized spacial score (nSPS) is 10.1. The summed E-state index contributed by atoms with van der Waals surface area (Å²) in [6.07, 6.45) is 4.77. The lowest BCUT2D eigenvalue weighted by molar-refractivity contribution is 0.767. The van der Waals surface area contributed by atoms with E-state index in [1.807, 2.05) is 31.6 Å². The number of benzene rings is 1. The molecule has 0 bridgehead atoms. The number of rotatable bonds is 4. The van der Waals surface area contributed by atoms with Crippen LogP contribution in [0.3, 0.4) is 0 Å². The van der Waals surface area contributed by atoms with Crippen molar-refractivity contribution in [3.05, 3.63) is 46.2 Å². The average Bonchev–Trinajstić information content (AvgIpc) is 2.74. The maximum atomic E-state index is 8.88. The van der Waals surface area contributed by atoms with E-state index in [0.29, 0.717) is 5.56 Å². The molecule has 0 spiro atoms. The van der Waals surface area contributed by atoms with Gasteiger partial charge in [0.15, 0.2) is 0 Å². The molecule has 92 valence electrons. The standard InChI is InChI=1S/C13H13BrN4/c1-18-9-10(8-17-18)2-3-16-13-5-11(7-15)4-12(14)6-13/h4-6,8-9,16H,2-3H2,1H3. The van der Waals surface area contributed by atoms with Gasteiger partial charge in [0.25, 0.3) is 0 Å². The highest BCUT2D eigenvalue weighted by Crippen LogP contribution is 2.19. The summed E-state index contributed by atoms with van der Waals surface area (Å²) in [5, 5.41) is 16.3. The van der Waals surface area contributed by atoms with Gasteiger partial charge in [0.2, 0.25) is 0 Å². The summed E-state index contributed by atoms with van der Waals surface area (Å²) < 4.78 is 2.70. The van der Waals surface area contributed by atoms with Crippen LogP contribution in [-0.4, -0.2) is 16.3 Å². The van der Waals surface area contributed by atoms with E-state index in [1.54, 1.807) is 10.7 Å². The lowest BCUT2D eigenvalue weighted by Crippen LogP contribution is -2.04.